The monoisotopic (exact) mass is 319 g/mol. The molecule has 0 aromatic heterocycles. The molecule has 1 N–H and O–H groups in total. The molecule has 1 aliphatic rings. The minimum absolute atomic E-state index is 0.561. The highest BCUT2D eigenvalue weighted by molar-refractivity contribution is 7.88. The van der Waals surface area contributed by atoms with Crippen LogP contribution >= 0.6 is 0 Å². The first-order valence-electron chi connectivity index (χ1n) is 8.27. The van der Waals surface area contributed by atoms with Gasteiger partial charge in [-0.25, -0.2) is 12.7 Å². The summed E-state index contributed by atoms with van der Waals surface area (Å²) in [5, 5.41) is 3.60. The second kappa shape index (κ2) is 9.08. The smallest absolute Gasteiger partial charge is 0.211 e. The van der Waals surface area contributed by atoms with Gasteiger partial charge in [0.1, 0.15) is 0 Å². The molecule has 0 radical (unpaired) electrons. The summed E-state index contributed by atoms with van der Waals surface area (Å²) in [4.78, 5) is 2.55. The molecule has 1 fully saturated rings. The van der Waals surface area contributed by atoms with Crippen LogP contribution in [0.3, 0.4) is 0 Å². The quantitative estimate of drug-likeness (QED) is 0.689. The third-order valence-electron chi connectivity index (χ3n) is 4.33. The molecule has 0 aliphatic carbocycles. The number of nitrogens with zero attached hydrogens (tertiary/aromatic N) is 2. The Morgan fingerprint density at radius 1 is 1.29 bits per heavy atom. The van der Waals surface area contributed by atoms with E-state index in [4.69, 9.17) is 0 Å². The maximum atomic E-state index is 11.5. The van der Waals surface area contributed by atoms with Crippen LogP contribution in [0.5, 0.6) is 0 Å². The molecule has 1 saturated heterocycles. The van der Waals surface area contributed by atoms with Crippen LogP contribution in [-0.2, 0) is 10.0 Å². The predicted octanol–water partition coefficient (Wildman–Crippen LogP) is 1.51. The molecule has 1 aliphatic heterocycles. The molecule has 21 heavy (non-hydrogen) atoms. The van der Waals surface area contributed by atoms with Crippen LogP contribution in [0.4, 0.5) is 0 Å². The van der Waals surface area contributed by atoms with Crippen LogP contribution < -0.4 is 5.32 Å². The molecule has 0 bridgehead atoms. The topological polar surface area (TPSA) is 52.6 Å². The van der Waals surface area contributed by atoms with Crippen LogP contribution in [0.2, 0.25) is 0 Å². The standard InChI is InChI=1S/C15H33N3O2S/c1-5-18(21(4,19)20)12-7-10-16-15-8-6-11-17(13-9-15)14(2)3/h14-16H,5-13H2,1-4H3. The van der Waals surface area contributed by atoms with Crippen molar-refractivity contribution < 1.29 is 8.42 Å². The summed E-state index contributed by atoms with van der Waals surface area (Å²) >= 11 is 0. The zero-order valence-corrected chi connectivity index (χ0v) is 15.0. The maximum absolute atomic E-state index is 11.5. The van der Waals surface area contributed by atoms with Gasteiger partial charge in [-0.05, 0) is 59.2 Å². The van der Waals surface area contributed by atoms with E-state index in [1.807, 2.05) is 6.92 Å². The fourth-order valence-electron chi connectivity index (χ4n) is 2.96. The minimum atomic E-state index is -3.04. The first kappa shape index (κ1) is 18.9. The van der Waals surface area contributed by atoms with Gasteiger partial charge < -0.3 is 10.2 Å². The number of hydrogen-bond acceptors (Lipinski definition) is 4. The van der Waals surface area contributed by atoms with E-state index >= 15 is 0 Å². The van der Waals surface area contributed by atoms with E-state index in [1.165, 1.54) is 38.6 Å². The van der Waals surface area contributed by atoms with Gasteiger partial charge in [0.05, 0.1) is 6.26 Å². The summed E-state index contributed by atoms with van der Waals surface area (Å²) in [6, 6.07) is 1.22. The van der Waals surface area contributed by atoms with Gasteiger partial charge in [-0.1, -0.05) is 6.92 Å². The molecule has 1 atom stereocenters. The van der Waals surface area contributed by atoms with Crippen LogP contribution in [0.1, 0.15) is 46.5 Å². The van der Waals surface area contributed by atoms with Crippen LogP contribution in [0.15, 0.2) is 0 Å². The van der Waals surface area contributed by atoms with Crippen LogP contribution in [0, 0.1) is 0 Å². The lowest BCUT2D eigenvalue weighted by Gasteiger charge is -2.24. The molecule has 0 aromatic carbocycles. The van der Waals surface area contributed by atoms with Gasteiger partial charge >= 0.3 is 0 Å². The second-order valence-corrected chi connectivity index (χ2v) is 8.30. The number of hydrogen-bond donors (Lipinski definition) is 1. The fourth-order valence-corrected chi connectivity index (χ4v) is 3.89. The van der Waals surface area contributed by atoms with E-state index in [1.54, 1.807) is 4.31 Å². The summed E-state index contributed by atoms with van der Waals surface area (Å²) in [5.41, 5.74) is 0. The van der Waals surface area contributed by atoms with Gasteiger partial charge in [-0.2, -0.15) is 0 Å². The average Bonchev–Trinajstić information content (AvgIpc) is 2.62. The van der Waals surface area contributed by atoms with Gasteiger partial charge in [-0.15, -0.1) is 0 Å². The Bertz CT molecular complexity index is 384. The Morgan fingerprint density at radius 2 is 2.00 bits per heavy atom. The van der Waals surface area contributed by atoms with E-state index in [0.717, 1.165) is 13.0 Å². The van der Waals surface area contributed by atoms with E-state index in [-0.39, 0.29) is 0 Å². The average molecular weight is 320 g/mol. The lowest BCUT2D eigenvalue weighted by atomic mass is 10.1. The molecule has 0 spiro atoms. The molecule has 0 saturated carbocycles. The minimum Gasteiger partial charge on any atom is -0.314 e. The first-order valence-corrected chi connectivity index (χ1v) is 10.1. The molecule has 126 valence electrons. The molecular weight excluding hydrogens is 286 g/mol. The van der Waals surface area contributed by atoms with Gasteiger partial charge in [-0.3, -0.25) is 0 Å². The van der Waals surface area contributed by atoms with Crippen molar-refractivity contribution in [2.45, 2.75) is 58.5 Å². The third-order valence-corrected chi connectivity index (χ3v) is 5.71. The van der Waals surface area contributed by atoms with Crippen LogP contribution in [0.25, 0.3) is 0 Å². The lowest BCUT2D eigenvalue weighted by molar-refractivity contribution is 0.229. The summed E-state index contributed by atoms with van der Waals surface area (Å²) in [7, 11) is -3.04. The van der Waals surface area contributed by atoms with Crippen molar-refractivity contribution in [1.29, 1.82) is 0 Å². The molecule has 5 nitrogen and oxygen atoms in total. The third kappa shape index (κ3) is 7.08. The molecule has 6 heteroatoms. The lowest BCUT2D eigenvalue weighted by Crippen LogP contribution is -2.36. The molecule has 0 aromatic rings. The number of likely N-dealkylation sites (tertiary alicyclic amines) is 1. The first-order chi connectivity index (χ1) is 9.84. The van der Waals surface area contributed by atoms with E-state index in [2.05, 4.69) is 24.1 Å². The van der Waals surface area contributed by atoms with Crippen molar-refractivity contribution in [2.24, 2.45) is 0 Å². The van der Waals surface area contributed by atoms with Crippen molar-refractivity contribution in [2.75, 3.05) is 39.0 Å². The van der Waals surface area contributed by atoms with Crippen molar-refractivity contribution in [3.05, 3.63) is 0 Å². The Hall–Kier alpha value is -0.170. The highest BCUT2D eigenvalue weighted by Gasteiger charge is 2.18. The van der Waals surface area contributed by atoms with Crippen molar-refractivity contribution in [3.8, 4) is 0 Å². The highest BCUT2D eigenvalue weighted by Crippen LogP contribution is 2.13. The van der Waals surface area contributed by atoms with E-state index < -0.39 is 10.0 Å². The fraction of sp³-hybridized carbons (Fsp3) is 1.00. The van der Waals surface area contributed by atoms with E-state index in [9.17, 15) is 8.42 Å². The number of sulfonamides is 1. The summed E-state index contributed by atoms with van der Waals surface area (Å²) in [6.07, 6.45) is 5.84. The zero-order chi connectivity index (χ0) is 15.9. The van der Waals surface area contributed by atoms with Gasteiger partial charge in [0.25, 0.3) is 0 Å². The summed E-state index contributed by atoms with van der Waals surface area (Å²) in [6.45, 7) is 10.9. The van der Waals surface area contributed by atoms with E-state index in [0.29, 0.717) is 25.2 Å². The van der Waals surface area contributed by atoms with Crippen molar-refractivity contribution >= 4 is 10.0 Å². The largest absolute Gasteiger partial charge is 0.314 e. The van der Waals surface area contributed by atoms with Crippen molar-refractivity contribution in [1.82, 2.24) is 14.5 Å². The summed E-state index contributed by atoms with van der Waals surface area (Å²) < 4.78 is 24.6. The molecule has 1 rings (SSSR count). The van der Waals surface area contributed by atoms with Crippen LogP contribution in [-0.4, -0.2) is 68.7 Å². The van der Waals surface area contributed by atoms with Gasteiger partial charge in [0, 0.05) is 25.2 Å². The Kier molecular flexibility index (Phi) is 8.16. The van der Waals surface area contributed by atoms with Gasteiger partial charge in [0.2, 0.25) is 10.0 Å². The Morgan fingerprint density at radius 3 is 2.57 bits per heavy atom. The second-order valence-electron chi connectivity index (χ2n) is 6.32. The normalized spacial score (nSPS) is 21.9. The number of rotatable bonds is 8. The zero-order valence-electron chi connectivity index (χ0n) is 14.1. The van der Waals surface area contributed by atoms with Crippen molar-refractivity contribution in [3.63, 3.8) is 0 Å². The highest BCUT2D eigenvalue weighted by atomic mass is 32.2. The molecule has 1 unspecified atom stereocenters. The molecular formula is C15H33N3O2S. The summed E-state index contributed by atoms with van der Waals surface area (Å²) in [5.74, 6) is 0. The SMILES string of the molecule is CCN(CCCNC1CCCN(C(C)C)CC1)S(C)(=O)=O. The maximum Gasteiger partial charge on any atom is 0.211 e. The number of nitrogens with one attached hydrogen (secondary N) is 1. The Labute approximate surface area is 131 Å². The van der Waals surface area contributed by atoms with Gasteiger partial charge in [0.15, 0.2) is 0 Å². The molecule has 1 heterocycles. The predicted molar refractivity (Wildman–Crippen MR) is 89.1 cm³/mol. The Balaban J connectivity index is 2.24. The molecule has 0 amide bonds.